The van der Waals surface area contributed by atoms with Gasteiger partial charge in [0, 0.05) is 37.3 Å². The molecule has 1 aliphatic rings. The SMILES string of the molecule is COc1ccc(CCCN2CCN(C)CC2)cc1COCc1c(C)noc1C. The molecule has 3 rings (SSSR count). The summed E-state index contributed by atoms with van der Waals surface area (Å²) in [7, 11) is 3.91. The van der Waals surface area contributed by atoms with Crippen LogP contribution in [0.2, 0.25) is 0 Å². The fourth-order valence-electron chi connectivity index (χ4n) is 3.65. The van der Waals surface area contributed by atoms with E-state index in [1.807, 2.05) is 13.8 Å². The van der Waals surface area contributed by atoms with Gasteiger partial charge in [0.15, 0.2) is 0 Å². The molecule has 0 unspecified atom stereocenters. The predicted octanol–water partition coefficient (Wildman–Crippen LogP) is 3.20. The maximum absolute atomic E-state index is 5.94. The van der Waals surface area contributed by atoms with E-state index in [-0.39, 0.29) is 0 Å². The number of ether oxygens (including phenoxy) is 2. The monoisotopic (exact) mass is 387 g/mol. The Morgan fingerprint density at radius 2 is 1.89 bits per heavy atom. The Bertz CT molecular complexity index is 732. The first-order valence-electron chi connectivity index (χ1n) is 10.1. The van der Waals surface area contributed by atoms with Crippen molar-refractivity contribution in [2.75, 3.05) is 46.9 Å². The normalized spacial score (nSPS) is 15.9. The number of hydrogen-bond donors (Lipinski definition) is 0. The lowest BCUT2D eigenvalue weighted by molar-refractivity contribution is 0.104. The number of aromatic nitrogens is 1. The lowest BCUT2D eigenvalue weighted by atomic mass is 10.1. The maximum Gasteiger partial charge on any atom is 0.139 e. The molecule has 2 aromatic rings. The highest BCUT2D eigenvalue weighted by Gasteiger charge is 2.14. The zero-order valence-corrected chi connectivity index (χ0v) is 17.7. The Hall–Kier alpha value is -1.89. The number of nitrogens with zero attached hydrogens (tertiary/aromatic N) is 3. The van der Waals surface area contributed by atoms with Gasteiger partial charge in [-0.1, -0.05) is 11.2 Å². The lowest BCUT2D eigenvalue weighted by Gasteiger charge is -2.32. The summed E-state index contributed by atoms with van der Waals surface area (Å²) in [6.07, 6.45) is 2.25. The van der Waals surface area contributed by atoms with E-state index in [4.69, 9.17) is 14.0 Å². The molecule has 0 N–H and O–H groups in total. The molecule has 6 nitrogen and oxygen atoms in total. The van der Waals surface area contributed by atoms with Crippen molar-refractivity contribution in [2.24, 2.45) is 0 Å². The molecule has 2 heterocycles. The maximum atomic E-state index is 5.94. The quantitative estimate of drug-likeness (QED) is 0.659. The summed E-state index contributed by atoms with van der Waals surface area (Å²) in [5, 5.41) is 3.98. The Morgan fingerprint density at radius 1 is 1.11 bits per heavy atom. The van der Waals surface area contributed by atoms with Gasteiger partial charge in [-0.15, -0.1) is 0 Å². The Kier molecular flexibility index (Phi) is 7.48. The van der Waals surface area contributed by atoms with Crippen LogP contribution >= 0.6 is 0 Å². The van der Waals surface area contributed by atoms with Gasteiger partial charge in [0.2, 0.25) is 0 Å². The number of benzene rings is 1. The highest BCUT2D eigenvalue weighted by molar-refractivity contribution is 5.37. The summed E-state index contributed by atoms with van der Waals surface area (Å²) in [5.41, 5.74) is 4.35. The predicted molar refractivity (Wildman–Crippen MR) is 110 cm³/mol. The van der Waals surface area contributed by atoms with Crippen molar-refractivity contribution in [1.29, 1.82) is 0 Å². The Morgan fingerprint density at radius 3 is 2.57 bits per heavy atom. The van der Waals surface area contributed by atoms with Gasteiger partial charge in [0.1, 0.15) is 11.5 Å². The van der Waals surface area contributed by atoms with E-state index >= 15 is 0 Å². The summed E-state index contributed by atoms with van der Waals surface area (Å²) in [6.45, 7) is 10.7. The second kappa shape index (κ2) is 10.0. The van der Waals surface area contributed by atoms with Gasteiger partial charge in [-0.25, -0.2) is 0 Å². The molecule has 0 atom stereocenters. The number of piperazine rings is 1. The van der Waals surface area contributed by atoms with Gasteiger partial charge in [0.25, 0.3) is 0 Å². The van der Waals surface area contributed by atoms with Gasteiger partial charge in [-0.2, -0.15) is 0 Å². The molecule has 1 aliphatic heterocycles. The average Bonchev–Trinajstić information content (AvgIpc) is 3.02. The van der Waals surface area contributed by atoms with Crippen molar-refractivity contribution in [3.63, 3.8) is 0 Å². The van der Waals surface area contributed by atoms with Crippen molar-refractivity contribution in [1.82, 2.24) is 15.0 Å². The number of methoxy groups -OCH3 is 1. The van der Waals surface area contributed by atoms with E-state index in [2.05, 4.69) is 40.2 Å². The van der Waals surface area contributed by atoms with Gasteiger partial charge >= 0.3 is 0 Å². The number of hydrogen-bond acceptors (Lipinski definition) is 6. The molecular formula is C22H33N3O3. The molecule has 0 aliphatic carbocycles. The van der Waals surface area contributed by atoms with E-state index in [9.17, 15) is 0 Å². The van der Waals surface area contributed by atoms with Crippen LogP contribution in [0.25, 0.3) is 0 Å². The molecular weight excluding hydrogens is 354 g/mol. The molecule has 1 aromatic heterocycles. The standard InChI is InChI=1S/C22H33N3O3/c1-17-21(18(2)28-23-17)16-27-15-20-14-19(7-8-22(20)26-4)6-5-9-25-12-10-24(3)11-13-25/h7-8,14H,5-6,9-13,15-16H2,1-4H3. The van der Waals surface area contributed by atoms with Crippen LogP contribution in [0, 0.1) is 13.8 Å². The van der Waals surface area contributed by atoms with Crippen LogP contribution in [0.4, 0.5) is 0 Å². The van der Waals surface area contributed by atoms with Crippen molar-refractivity contribution < 1.29 is 14.0 Å². The third kappa shape index (κ3) is 5.56. The molecule has 0 amide bonds. The van der Waals surface area contributed by atoms with E-state index in [0.717, 1.165) is 41.3 Å². The van der Waals surface area contributed by atoms with Crippen LogP contribution in [-0.2, 0) is 24.4 Å². The van der Waals surface area contributed by atoms with Crippen LogP contribution in [0.5, 0.6) is 5.75 Å². The van der Waals surface area contributed by atoms with Gasteiger partial charge in [0.05, 0.1) is 26.0 Å². The van der Waals surface area contributed by atoms with Gasteiger partial charge in [-0.3, -0.25) is 0 Å². The zero-order valence-electron chi connectivity index (χ0n) is 17.7. The minimum atomic E-state index is 0.498. The molecule has 1 saturated heterocycles. The van der Waals surface area contributed by atoms with E-state index < -0.39 is 0 Å². The smallest absolute Gasteiger partial charge is 0.139 e. The second-order valence-electron chi connectivity index (χ2n) is 7.69. The largest absolute Gasteiger partial charge is 0.496 e. The summed E-state index contributed by atoms with van der Waals surface area (Å²) < 4.78 is 16.7. The Balaban J connectivity index is 1.51. The van der Waals surface area contributed by atoms with Gasteiger partial charge < -0.3 is 23.8 Å². The molecule has 0 saturated carbocycles. The van der Waals surface area contributed by atoms with Crippen LogP contribution in [-0.4, -0.2) is 61.8 Å². The second-order valence-corrected chi connectivity index (χ2v) is 7.69. The van der Waals surface area contributed by atoms with E-state index in [0.29, 0.717) is 13.2 Å². The summed E-state index contributed by atoms with van der Waals surface area (Å²) in [5.74, 6) is 1.70. The van der Waals surface area contributed by atoms with Crippen LogP contribution < -0.4 is 4.74 Å². The Labute approximate surface area is 168 Å². The first kappa shape index (κ1) is 20.8. The first-order chi connectivity index (χ1) is 13.6. The van der Waals surface area contributed by atoms with Crippen molar-refractivity contribution in [3.8, 4) is 5.75 Å². The molecule has 6 heteroatoms. The third-order valence-electron chi connectivity index (χ3n) is 5.57. The fraction of sp³-hybridized carbons (Fsp3) is 0.591. The highest BCUT2D eigenvalue weighted by atomic mass is 16.5. The van der Waals surface area contributed by atoms with Gasteiger partial charge in [-0.05, 0) is 58.0 Å². The highest BCUT2D eigenvalue weighted by Crippen LogP contribution is 2.23. The number of likely N-dealkylation sites (N-methyl/N-ethyl adjacent to an activating group) is 1. The van der Waals surface area contributed by atoms with Crippen LogP contribution in [0.1, 0.15) is 34.6 Å². The van der Waals surface area contributed by atoms with E-state index in [1.54, 1.807) is 7.11 Å². The molecule has 0 spiro atoms. The van der Waals surface area contributed by atoms with Crippen molar-refractivity contribution in [2.45, 2.75) is 39.9 Å². The minimum absolute atomic E-state index is 0.498. The molecule has 0 bridgehead atoms. The topological polar surface area (TPSA) is 51.0 Å². The molecule has 0 radical (unpaired) electrons. The van der Waals surface area contributed by atoms with E-state index in [1.165, 1.54) is 38.2 Å². The summed E-state index contributed by atoms with van der Waals surface area (Å²) in [4.78, 5) is 4.96. The third-order valence-corrected chi connectivity index (χ3v) is 5.57. The van der Waals surface area contributed by atoms with Crippen LogP contribution in [0.3, 0.4) is 0 Å². The summed E-state index contributed by atoms with van der Waals surface area (Å²) in [6, 6.07) is 6.44. The molecule has 28 heavy (non-hydrogen) atoms. The lowest BCUT2D eigenvalue weighted by Crippen LogP contribution is -2.44. The molecule has 1 fully saturated rings. The average molecular weight is 388 g/mol. The van der Waals surface area contributed by atoms with Crippen LogP contribution in [0.15, 0.2) is 22.7 Å². The number of rotatable bonds is 9. The zero-order chi connectivity index (χ0) is 19.9. The van der Waals surface area contributed by atoms with Crippen molar-refractivity contribution >= 4 is 0 Å². The number of aryl methyl sites for hydroxylation is 3. The molecule has 1 aromatic carbocycles. The minimum Gasteiger partial charge on any atom is -0.496 e. The summed E-state index contributed by atoms with van der Waals surface area (Å²) >= 11 is 0. The molecule has 154 valence electrons. The first-order valence-corrected chi connectivity index (χ1v) is 10.1. The van der Waals surface area contributed by atoms with Crippen molar-refractivity contribution in [3.05, 3.63) is 46.3 Å². The fourth-order valence-corrected chi connectivity index (χ4v) is 3.65.